The number of benzene rings is 1. The summed E-state index contributed by atoms with van der Waals surface area (Å²) in [4.78, 5) is 37.2. The number of hydrogen-bond acceptors (Lipinski definition) is 4. The molecule has 0 heterocycles. The van der Waals surface area contributed by atoms with Crippen molar-refractivity contribution in [1.82, 2.24) is 0 Å². The molecule has 1 aromatic rings. The second-order valence-electron chi connectivity index (χ2n) is 6.25. The molecule has 124 valence electrons. The van der Waals surface area contributed by atoms with Crippen LogP contribution < -0.4 is 0 Å². The number of methoxy groups -OCH3 is 1. The van der Waals surface area contributed by atoms with Crippen LogP contribution in [0.4, 0.5) is 0 Å². The molecule has 1 atom stereocenters. The summed E-state index contributed by atoms with van der Waals surface area (Å²) in [7, 11) is 1.29. The minimum Gasteiger partial charge on any atom is -0.468 e. The monoisotopic (exact) mass is 324 g/mol. The van der Waals surface area contributed by atoms with Crippen molar-refractivity contribution in [1.29, 1.82) is 0 Å². The number of fused-ring (bicyclic) bond motifs is 1. The summed E-state index contributed by atoms with van der Waals surface area (Å²) in [5.41, 5.74) is 1.34. The normalized spacial score (nSPS) is 23.5. The van der Waals surface area contributed by atoms with Crippen molar-refractivity contribution in [2.45, 2.75) is 32.1 Å². The Hall–Kier alpha value is -2.49. The molecule has 3 rings (SSSR count). The number of esters is 1. The van der Waals surface area contributed by atoms with E-state index in [1.54, 1.807) is 12.1 Å². The summed E-state index contributed by atoms with van der Waals surface area (Å²) in [6, 6.07) is 7.22. The summed E-state index contributed by atoms with van der Waals surface area (Å²) in [6.07, 6.45) is 8.04. The van der Waals surface area contributed by atoms with E-state index in [1.807, 2.05) is 18.2 Å². The van der Waals surface area contributed by atoms with Crippen LogP contribution in [-0.4, -0.2) is 25.1 Å². The Kier molecular flexibility index (Phi) is 4.47. The average molecular weight is 324 g/mol. The Morgan fingerprint density at radius 3 is 2.67 bits per heavy atom. The van der Waals surface area contributed by atoms with Gasteiger partial charge in [-0.15, -0.1) is 0 Å². The first-order chi connectivity index (χ1) is 11.6. The lowest BCUT2D eigenvalue weighted by atomic mass is 9.71. The second kappa shape index (κ2) is 6.56. The predicted molar refractivity (Wildman–Crippen MR) is 89.6 cm³/mol. The van der Waals surface area contributed by atoms with Gasteiger partial charge in [0.25, 0.3) is 0 Å². The van der Waals surface area contributed by atoms with E-state index < -0.39 is 11.4 Å². The highest BCUT2D eigenvalue weighted by atomic mass is 16.5. The summed E-state index contributed by atoms with van der Waals surface area (Å²) in [6.45, 7) is 0. The molecule has 0 saturated heterocycles. The lowest BCUT2D eigenvalue weighted by molar-refractivity contribution is -0.147. The van der Waals surface area contributed by atoms with E-state index in [4.69, 9.17) is 4.74 Å². The van der Waals surface area contributed by atoms with Crippen LogP contribution in [0.15, 0.2) is 47.6 Å². The van der Waals surface area contributed by atoms with Crippen LogP contribution >= 0.6 is 0 Å². The molecule has 4 nitrogen and oxygen atoms in total. The lowest BCUT2D eigenvalue weighted by Gasteiger charge is -2.30. The topological polar surface area (TPSA) is 60.4 Å². The third-order valence-corrected chi connectivity index (χ3v) is 4.97. The minimum atomic E-state index is -1.44. The quantitative estimate of drug-likeness (QED) is 0.369. The van der Waals surface area contributed by atoms with Crippen LogP contribution in [0.2, 0.25) is 0 Å². The van der Waals surface area contributed by atoms with Crippen molar-refractivity contribution in [3.63, 3.8) is 0 Å². The fourth-order valence-corrected chi connectivity index (χ4v) is 3.83. The molecular weight excluding hydrogens is 304 g/mol. The van der Waals surface area contributed by atoms with Gasteiger partial charge < -0.3 is 4.74 Å². The van der Waals surface area contributed by atoms with Gasteiger partial charge in [-0.1, -0.05) is 30.3 Å². The van der Waals surface area contributed by atoms with Crippen molar-refractivity contribution in [2.24, 2.45) is 5.41 Å². The Labute approximate surface area is 141 Å². The van der Waals surface area contributed by atoms with Gasteiger partial charge in [0.1, 0.15) is 6.29 Å². The first kappa shape index (κ1) is 16.4. The fraction of sp³-hybridized carbons (Fsp3) is 0.350. The van der Waals surface area contributed by atoms with Crippen LogP contribution in [0.1, 0.15) is 41.6 Å². The standard InChI is InChI=1S/C20H20O4/c1-24-19(23)20(13-15-9-5-6-10-16(15)18(20)22)17(11-12-21)14-7-3-2-4-8-14/h5-7,9-12H,2-4,8,13H2,1H3/b17-11-. The molecule has 24 heavy (non-hydrogen) atoms. The molecule has 0 spiro atoms. The highest BCUT2D eigenvalue weighted by Crippen LogP contribution is 2.47. The zero-order valence-corrected chi connectivity index (χ0v) is 13.7. The van der Waals surface area contributed by atoms with Gasteiger partial charge in [-0.25, -0.2) is 0 Å². The molecule has 0 saturated carbocycles. The van der Waals surface area contributed by atoms with Crippen LogP contribution in [0.25, 0.3) is 0 Å². The Balaban J connectivity index is 2.18. The number of ether oxygens (including phenoxy) is 1. The Morgan fingerprint density at radius 1 is 1.25 bits per heavy atom. The third-order valence-electron chi connectivity index (χ3n) is 4.97. The largest absolute Gasteiger partial charge is 0.468 e. The van der Waals surface area contributed by atoms with Gasteiger partial charge in [0, 0.05) is 12.0 Å². The highest BCUT2D eigenvalue weighted by molar-refractivity contribution is 6.19. The molecule has 4 heteroatoms. The minimum absolute atomic E-state index is 0.242. The number of ketones is 1. The number of carbonyl (C=O) groups is 3. The van der Waals surface area contributed by atoms with Crippen LogP contribution in [0.3, 0.4) is 0 Å². The van der Waals surface area contributed by atoms with Gasteiger partial charge in [0.05, 0.1) is 7.11 Å². The smallest absolute Gasteiger partial charge is 0.324 e. The van der Waals surface area contributed by atoms with E-state index in [2.05, 4.69) is 0 Å². The maximum Gasteiger partial charge on any atom is 0.324 e. The van der Waals surface area contributed by atoms with Crippen LogP contribution in [-0.2, 0) is 20.7 Å². The van der Waals surface area contributed by atoms with Gasteiger partial charge in [-0.2, -0.15) is 0 Å². The molecule has 2 aliphatic carbocycles. The molecule has 1 unspecified atom stereocenters. The number of rotatable bonds is 4. The van der Waals surface area contributed by atoms with E-state index >= 15 is 0 Å². The molecule has 0 radical (unpaired) electrons. The van der Waals surface area contributed by atoms with Gasteiger partial charge in [0.15, 0.2) is 11.2 Å². The van der Waals surface area contributed by atoms with Crippen LogP contribution in [0.5, 0.6) is 0 Å². The van der Waals surface area contributed by atoms with Crippen LogP contribution in [0, 0.1) is 5.41 Å². The van der Waals surface area contributed by atoms with Crippen molar-refractivity contribution >= 4 is 18.0 Å². The Morgan fingerprint density at radius 2 is 2.04 bits per heavy atom. The zero-order chi connectivity index (χ0) is 17.2. The van der Waals surface area contributed by atoms with Crippen molar-refractivity contribution in [3.8, 4) is 0 Å². The maximum absolute atomic E-state index is 13.2. The number of hydrogen-bond donors (Lipinski definition) is 0. The first-order valence-electron chi connectivity index (χ1n) is 8.21. The highest BCUT2D eigenvalue weighted by Gasteiger charge is 2.55. The van der Waals surface area contributed by atoms with E-state index in [-0.39, 0.29) is 12.2 Å². The maximum atomic E-state index is 13.2. The van der Waals surface area contributed by atoms with E-state index in [0.29, 0.717) is 17.4 Å². The fourth-order valence-electron chi connectivity index (χ4n) is 3.83. The van der Waals surface area contributed by atoms with E-state index in [0.717, 1.165) is 36.8 Å². The summed E-state index contributed by atoms with van der Waals surface area (Å²) >= 11 is 0. The summed E-state index contributed by atoms with van der Waals surface area (Å²) < 4.78 is 5.01. The van der Waals surface area contributed by atoms with Gasteiger partial charge >= 0.3 is 5.97 Å². The third kappa shape index (κ3) is 2.42. The number of Topliss-reactive ketones (excluding diaryl/α,β-unsaturated/α-hetero) is 1. The zero-order valence-electron chi connectivity index (χ0n) is 13.7. The predicted octanol–water partition coefficient (Wildman–Crippen LogP) is 3.21. The van der Waals surface area contributed by atoms with E-state index in [9.17, 15) is 14.4 Å². The second-order valence-corrected chi connectivity index (χ2v) is 6.25. The van der Waals surface area contributed by atoms with E-state index in [1.165, 1.54) is 13.2 Å². The summed E-state index contributed by atoms with van der Waals surface area (Å²) in [5.74, 6) is -0.868. The molecule has 0 aromatic heterocycles. The van der Waals surface area contributed by atoms with Gasteiger partial charge in [-0.05, 0) is 48.5 Å². The number of aldehydes is 1. The first-order valence-corrected chi connectivity index (χ1v) is 8.21. The van der Waals surface area contributed by atoms with Gasteiger partial charge in [0.2, 0.25) is 0 Å². The molecule has 0 fully saturated rings. The Bertz CT molecular complexity index is 757. The molecule has 0 aliphatic heterocycles. The SMILES string of the molecule is COC(=O)C1(/C(=C\C=O)C2=CCCCC2)Cc2ccccc2C1=O. The molecule has 2 aliphatic rings. The van der Waals surface area contributed by atoms with Gasteiger partial charge in [-0.3, -0.25) is 14.4 Å². The number of allylic oxidation sites excluding steroid dienone is 3. The van der Waals surface area contributed by atoms with Crippen molar-refractivity contribution in [2.75, 3.05) is 7.11 Å². The molecule has 1 aromatic carbocycles. The summed E-state index contributed by atoms with van der Waals surface area (Å²) in [5, 5.41) is 0. The average Bonchev–Trinajstić information content (AvgIpc) is 2.93. The molecule has 0 N–H and O–H groups in total. The molecule has 0 amide bonds. The van der Waals surface area contributed by atoms with Crippen molar-refractivity contribution in [3.05, 3.63) is 58.7 Å². The lowest BCUT2D eigenvalue weighted by Crippen LogP contribution is -2.41. The molecule has 0 bridgehead atoms. The molecular formula is C20H20O4. The number of carbonyl (C=O) groups excluding carboxylic acids is 3. The van der Waals surface area contributed by atoms with Crippen molar-refractivity contribution < 1.29 is 19.1 Å².